The van der Waals surface area contributed by atoms with E-state index in [-0.39, 0.29) is 11.3 Å². The molecule has 21 heavy (non-hydrogen) atoms. The molecule has 1 unspecified atom stereocenters. The summed E-state index contributed by atoms with van der Waals surface area (Å²) in [5, 5.41) is 0.974. The lowest BCUT2D eigenvalue weighted by Gasteiger charge is -2.25. The zero-order valence-electron chi connectivity index (χ0n) is 11.1. The van der Waals surface area contributed by atoms with Gasteiger partial charge in [0.05, 0.1) is 10.0 Å². The Kier molecular flexibility index (Phi) is 4.43. The first kappa shape index (κ1) is 14.8. The maximum Gasteiger partial charge on any atom is 0.255 e. The number of carbonyl (C=O) groups excluding carboxylic acids is 1. The van der Waals surface area contributed by atoms with E-state index in [2.05, 4.69) is 0 Å². The average Bonchev–Trinajstić information content (AvgIpc) is 2.99. The van der Waals surface area contributed by atoms with Crippen LogP contribution in [0.4, 0.5) is 0 Å². The van der Waals surface area contributed by atoms with Crippen LogP contribution < -0.4 is 0 Å². The maximum atomic E-state index is 12.7. The molecular formula is C16H13Cl2NOS. The normalized spacial score (nSPS) is 18.0. The first-order valence-electron chi connectivity index (χ1n) is 6.60. The zero-order chi connectivity index (χ0) is 14.8. The molecule has 0 aliphatic carbocycles. The molecule has 1 aliphatic heterocycles. The Hall–Kier alpha value is -1.16. The van der Waals surface area contributed by atoms with Gasteiger partial charge in [-0.2, -0.15) is 0 Å². The van der Waals surface area contributed by atoms with Crippen molar-refractivity contribution in [1.82, 2.24) is 4.90 Å². The van der Waals surface area contributed by atoms with E-state index < -0.39 is 0 Å². The Bertz CT molecular complexity index is 663. The Morgan fingerprint density at radius 1 is 1.10 bits per heavy atom. The molecule has 1 fully saturated rings. The third kappa shape index (κ3) is 2.91. The van der Waals surface area contributed by atoms with Gasteiger partial charge in [0.2, 0.25) is 0 Å². The number of thioether (sulfide) groups is 1. The number of halogens is 2. The predicted octanol–water partition coefficient (Wildman–Crippen LogP) is 4.88. The standard InChI is InChI=1S/C16H13Cl2NOS/c17-13-8-4-7-12(14(13)18)16-19(9-10-21-16)15(20)11-5-2-1-3-6-11/h1-8,16H,9-10H2. The molecule has 2 nitrogen and oxygen atoms in total. The van der Waals surface area contributed by atoms with Crippen LogP contribution in [0.3, 0.4) is 0 Å². The van der Waals surface area contributed by atoms with E-state index in [1.807, 2.05) is 47.4 Å². The van der Waals surface area contributed by atoms with Gasteiger partial charge in [-0.25, -0.2) is 0 Å². The minimum atomic E-state index is -0.0797. The fraction of sp³-hybridized carbons (Fsp3) is 0.188. The highest BCUT2D eigenvalue weighted by molar-refractivity contribution is 7.99. The van der Waals surface area contributed by atoms with Crippen LogP contribution in [0.5, 0.6) is 0 Å². The molecule has 0 spiro atoms. The fourth-order valence-corrected chi connectivity index (χ4v) is 4.15. The first-order chi connectivity index (χ1) is 10.2. The number of hydrogen-bond donors (Lipinski definition) is 0. The third-order valence-corrected chi connectivity index (χ3v) is 5.50. The van der Waals surface area contributed by atoms with Crippen molar-refractivity contribution in [3.05, 3.63) is 69.7 Å². The van der Waals surface area contributed by atoms with E-state index >= 15 is 0 Å². The molecule has 0 saturated carbocycles. The highest BCUT2D eigenvalue weighted by Gasteiger charge is 2.32. The minimum absolute atomic E-state index is 0.0293. The van der Waals surface area contributed by atoms with Gasteiger partial charge in [0.15, 0.2) is 0 Å². The number of benzene rings is 2. The van der Waals surface area contributed by atoms with Gasteiger partial charge in [0.25, 0.3) is 5.91 Å². The van der Waals surface area contributed by atoms with Crippen molar-refractivity contribution < 1.29 is 4.79 Å². The number of amides is 1. The second-order valence-electron chi connectivity index (χ2n) is 4.73. The molecule has 2 aromatic rings. The molecule has 1 amide bonds. The van der Waals surface area contributed by atoms with Crippen molar-refractivity contribution in [1.29, 1.82) is 0 Å². The molecular weight excluding hydrogens is 325 g/mol. The Labute approximate surface area is 138 Å². The van der Waals surface area contributed by atoms with E-state index in [9.17, 15) is 4.79 Å². The van der Waals surface area contributed by atoms with Gasteiger partial charge in [-0.3, -0.25) is 4.79 Å². The molecule has 1 heterocycles. The summed E-state index contributed by atoms with van der Waals surface area (Å²) >= 11 is 14.1. The molecule has 0 bridgehead atoms. The zero-order valence-corrected chi connectivity index (χ0v) is 13.5. The number of nitrogens with zero attached hydrogens (tertiary/aromatic N) is 1. The van der Waals surface area contributed by atoms with Gasteiger partial charge in [-0.05, 0) is 18.2 Å². The lowest BCUT2D eigenvalue weighted by atomic mass is 10.1. The summed E-state index contributed by atoms with van der Waals surface area (Å²) in [6.45, 7) is 0.714. The Morgan fingerprint density at radius 3 is 2.62 bits per heavy atom. The van der Waals surface area contributed by atoms with Crippen LogP contribution in [0.15, 0.2) is 48.5 Å². The molecule has 108 valence electrons. The van der Waals surface area contributed by atoms with Crippen LogP contribution in [0.25, 0.3) is 0 Å². The SMILES string of the molecule is O=C(c1ccccc1)N1CCSC1c1cccc(Cl)c1Cl. The van der Waals surface area contributed by atoms with Gasteiger partial charge in [0, 0.05) is 23.4 Å². The molecule has 1 atom stereocenters. The van der Waals surface area contributed by atoms with E-state index in [0.29, 0.717) is 22.2 Å². The Balaban J connectivity index is 1.93. The van der Waals surface area contributed by atoms with Gasteiger partial charge in [0.1, 0.15) is 5.37 Å². The van der Waals surface area contributed by atoms with Gasteiger partial charge in [-0.15, -0.1) is 11.8 Å². The second-order valence-corrected chi connectivity index (χ2v) is 6.70. The Morgan fingerprint density at radius 2 is 1.86 bits per heavy atom. The molecule has 2 aromatic carbocycles. The van der Waals surface area contributed by atoms with Gasteiger partial charge >= 0.3 is 0 Å². The van der Waals surface area contributed by atoms with Crippen LogP contribution >= 0.6 is 35.0 Å². The quantitative estimate of drug-likeness (QED) is 0.778. The fourth-order valence-electron chi connectivity index (χ4n) is 2.39. The lowest BCUT2D eigenvalue weighted by molar-refractivity contribution is 0.0760. The van der Waals surface area contributed by atoms with E-state index in [1.165, 1.54) is 0 Å². The lowest BCUT2D eigenvalue weighted by Crippen LogP contribution is -2.30. The van der Waals surface area contributed by atoms with Crippen LogP contribution in [0.1, 0.15) is 21.3 Å². The van der Waals surface area contributed by atoms with Crippen molar-refractivity contribution in [3.8, 4) is 0 Å². The predicted molar refractivity (Wildman–Crippen MR) is 89.1 cm³/mol. The molecule has 5 heteroatoms. The monoisotopic (exact) mass is 337 g/mol. The summed E-state index contributed by atoms with van der Waals surface area (Å²) in [6.07, 6.45) is 0. The van der Waals surface area contributed by atoms with Crippen LogP contribution in [-0.2, 0) is 0 Å². The van der Waals surface area contributed by atoms with Crippen LogP contribution in [-0.4, -0.2) is 23.1 Å². The van der Waals surface area contributed by atoms with Crippen molar-refractivity contribution >= 4 is 40.9 Å². The summed E-state index contributed by atoms with van der Waals surface area (Å²) in [7, 11) is 0. The third-order valence-electron chi connectivity index (χ3n) is 3.42. The van der Waals surface area contributed by atoms with Crippen LogP contribution in [0.2, 0.25) is 10.0 Å². The van der Waals surface area contributed by atoms with Crippen molar-refractivity contribution in [3.63, 3.8) is 0 Å². The summed E-state index contributed by atoms with van der Waals surface area (Å²) in [4.78, 5) is 14.5. The number of rotatable bonds is 2. The summed E-state index contributed by atoms with van der Waals surface area (Å²) in [5.41, 5.74) is 1.60. The minimum Gasteiger partial charge on any atom is -0.322 e. The molecule has 1 aliphatic rings. The smallest absolute Gasteiger partial charge is 0.255 e. The second kappa shape index (κ2) is 6.30. The molecule has 1 saturated heterocycles. The number of hydrogen-bond acceptors (Lipinski definition) is 2. The summed E-state index contributed by atoms with van der Waals surface area (Å²) in [5.74, 6) is 0.924. The highest BCUT2D eigenvalue weighted by atomic mass is 35.5. The largest absolute Gasteiger partial charge is 0.322 e. The topological polar surface area (TPSA) is 20.3 Å². The average molecular weight is 338 g/mol. The molecule has 0 N–H and O–H groups in total. The highest BCUT2D eigenvalue weighted by Crippen LogP contribution is 2.43. The van der Waals surface area contributed by atoms with E-state index in [4.69, 9.17) is 23.2 Å². The summed E-state index contributed by atoms with van der Waals surface area (Å²) in [6, 6.07) is 14.9. The number of carbonyl (C=O) groups is 1. The maximum absolute atomic E-state index is 12.7. The molecule has 0 radical (unpaired) electrons. The first-order valence-corrected chi connectivity index (χ1v) is 8.40. The van der Waals surface area contributed by atoms with E-state index in [0.717, 1.165) is 11.3 Å². The van der Waals surface area contributed by atoms with Crippen molar-refractivity contribution in [2.45, 2.75) is 5.37 Å². The van der Waals surface area contributed by atoms with Crippen molar-refractivity contribution in [2.75, 3.05) is 12.3 Å². The van der Waals surface area contributed by atoms with Crippen molar-refractivity contribution in [2.24, 2.45) is 0 Å². The van der Waals surface area contributed by atoms with Crippen LogP contribution in [0, 0.1) is 0 Å². The molecule has 3 rings (SSSR count). The molecule has 0 aromatic heterocycles. The summed E-state index contributed by atoms with van der Waals surface area (Å²) < 4.78 is 0. The van der Waals surface area contributed by atoms with Gasteiger partial charge in [-0.1, -0.05) is 53.5 Å². The van der Waals surface area contributed by atoms with Gasteiger partial charge < -0.3 is 4.90 Å². The van der Waals surface area contributed by atoms with E-state index in [1.54, 1.807) is 17.8 Å².